The summed E-state index contributed by atoms with van der Waals surface area (Å²) >= 11 is 0. The van der Waals surface area contributed by atoms with Gasteiger partial charge >= 0.3 is 0 Å². The third-order valence-corrected chi connectivity index (χ3v) is 4.46. The number of nitrogens with one attached hydrogen (secondary N) is 2. The molecule has 0 amide bonds. The number of rotatable bonds is 4. The average Bonchev–Trinajstić information content (AvgIpc) is 3.29. The highest BCUT2D eigenvalue weighted by Gasteiger charge is 2.19. The first-order valence-corrected chi connectivity index (χ1v) is 8.17. The molecule has 4 aromatic rings. The minimum Gasteiger partial charge on any atom is -0.502 e. The van der Waals surface area contributed by atoms with Crippen molar-refractivity contribution in [1.29, 1.82) is 0 Å². The van der Waals surface area contributed by atoms with E-state index in [0.29, 0.717) is 28.2 Å². The standard InChI is InChI=1S/C19H17FN4O3/c1-9-4-13-10(5-12(9)20)6-14(21-13)18-17(22-24-23-18)11-7-15(26-2)19(25)16(8-11)27-3/h4-8,21,25H,1-3H3,(H,22,23,24). The molecule has 0 saturated heterocycles. The zero-order chi connectivity index (χ0) is 19.1. The Hall–Kier alpha value is -3.55. The van der Waals surface area contributed by atoms with Crippen LogP contribution in [0.15, 0.2) is 30.3 Å². The SMILES string of the molecule is COc1cc(-c2n[nH]nc2-c2cc3cc(F)c(C)cc3[nH]2)cc(OC)c1O. The van der Waals surface area contributed by atoms with E-state index in [2.05, 4.69) is 20.4 Å². The third-order valence-electron chi connectivity index (χ3n) is 4.46. The molecule has 0 radical (unpaired) electrons. The summed E-state index contributed by atoms with van der Waals surface area (Å²) in [5.41, 5.74) is 3.79. The van der Waals surface area contributed by atoms with Gasteiger partial charge in [0.25, 0.3) is 0 Å². The molecule has 2 aromatic carbocycles. The number of fused-ring (bicyclic) bond motifs is 1. The Kier molecular flexibility index (Phi) is 3.95. The van der Waals surface area contributed by atoms with Gasteiger partial charge in [0.15, 0.2) is 11.5 Å². The Morgan fingerprint density at radius 2 is 1.63 bits per heavy atom. The lowest BCUT2D eigenvalue weighted by Gasteiger charge is -2.10. The van der Waals surface area contributed by atoms with Gasteiger partial charge in [0.05, 0.1) is 19.9 Å². The number of benzene rings is 2. The molecule has 8 heteroatoms. The number of nitrogens with zero attached hydrogens (tertiary/aromatic N) is 2. The molecule has 0 spiro atoms. The summed E-state index contributed by atoms with van der Waals surface area (Å²) in [5, 5.41) is 21.9. The lowest BCUT2D eigenvalue weighted by Crippen LogP contribution is -1.92. The molecule has 7 nitrogen and oxygen atoms in total. The second-order valence-corrected chi connectivity index (χ2v) is 6.12. The lowest BCUT2D eigenvalue weighted by molar-refractivity contribution is 0.340. The average molecular weight is 368 g/mol. The van der Waals surface area contributed by atoms with E-state index in [-0.39, 0.29) is 23.1 Å². The predicted molar refractivity (Wildman–Crippen MR) is 98.6 cm³/mol. The Morgan fingerprint density at radius 1 is 0.963 bits per heavy atom. The van der Waals surface area contributed by atoms with E-state index in [9.17, 15) is 9.50 Å². The molecule has 0 aliphatic carbocycles. The topological polar surface area (TPSA) is 96.1 Å². The minimum atomic E-state index is -0.263. The normalized spacial score (nSPS) is 11.1. The highest BCUT2D eigenvalue weighted by atomic mass is 19.1. The Labute approximate surface area is 153 Å². The van der Waals surface area contributed by atoms with Gasteiger partial charge in [-0.2, -0.15) is 15.4 Å². The summed E-state index contributed by atoms with van der Waals surface area (Å²) in [4.78, 5) is 3.24. The molecule has 0 saturated carbocycles. The molecule has 3 N–H and O–H groups in total. The number of aromatic amines is 2. The number of phenolic OH excluding ortho intramolecular Hbond substituents is 1. The molecule has 0 unspecified atom stereocenters. The van der Waals surface area contributed by atoms with E-state index in [4.69, 9.17) is 9.47 Å². The maximum absolute atomic E-state index is 13.8. The van der Waals surface area contributed by atoms with Crippen LogP contribution in [0.1, 0.15) is 5.56 Å². The summed E-state index contributed by atoms with van der Waals surface area (Å²) in [6.07, 6.45) is 0. The van der Waals surface area contributed by atoms with Crippen LogP contribution in [0, 0.1) is 12.7 Å². The second kappa shape index (κ2) is 6.31. The van der Waals surface area contributed by atoms with Crippen molar-refractivity contribution in [2.45, 2.75) is 6.92 Å². The third kappa shape index (κ3) is 2.75. The van der Waals surface area contributed by atoms with Gasteiger partial charge in [0, 0.05) is 16.5 Å². The number of aromatic nitrogens is 4. The Balaban J connectivity index is 1.87. The van der Waals surface area contributed by atoms with Crippen molar-refractivity contribution in [1.82, 2.24) is 20.4 Å². The van der Waals surface area contributed by atoms with E-state index >= 15 is 0 Å². The highest BCUT2D eigenvalue weighted by molar-refractivity contribution is 5.89. The van der Waals surface area contributed by atoms with Crippen LogP contribution in [0.4, 0.5) is 4.39 Å². The molecule has 0 atom stereocenters. The number of halogens is 1. The largest absolute Gasteiger partial charge is 0.502 e. The van der Waals surface area contributed by atoms with Crippen molar-refractivity contribution in [3.05, 3.63) is 41.7 Å². The van der Waals surface area contributed by atoms with Crippen LogP contribution >= 0.6 is 0 Å². The lowest BCUT2D eigenvalue weighted by atomic mass is 10.1. The van der Waals surface area contributed by atoms with Gasteiger partial charge in [-0.1, -0.05) is 0 Å². The summed E-state index contributed by atoms with van der Waals surface area (Å²) < 4.78 is 24.3. The fraction of sp³-hybridized carbons (Fsp3) is 0.158. The van der Waals surface area contributed by atoms with Crippen LogP contribution in [0.5, 0.6) is 17.2 Å². The molecule has 4 rings (SSSR count). The van der Waals surface area contributed by atoms with Crippen molar-refractivity contribution < 1.29 is 19.0 Å². The minimum absolute atomic E-state index is 0.0923. The molecule has 2 heterocycles. The van der Waals surface area contributed by atoms with Crippen LogP contribution in [0.25, 0.3) is 33.5 Å². The van der Waals surface area contributed by atoms with E-state index in [1.165, 1.54) is 20.3 Å². The number of ether oxygens (including phenoxy) is 2. The molecular formula is C19H17FN4O3. The number of methoxy groups -OCH3 is 2. The van der Waals surface area contributed by atoms with Crippen LogP contribution in [-0.4, -0.2) is 39.7 Å². The number of phenols is 1. The summed E-state index contributed by atoms with van der Waals surface area (Å²) in [6, 6.07) is 8.34. The van der Waals surface area contributed by atoms with Crippen LogP contribution in [0.2, 0.25) is 0 Å². The smallest absolute Gasteiger partial charge is 0.200 e. The first-order valence-electron chi connectivity index (χ1n) is 8.17. The molecule has 0 aliphatic rings. The van der Waals surface area contributed by atoms with Crippen molar-refractivity contribution in [2.75, 3.05) is 14.2 Å². The van der Waals surface area contributed by atoms with Gasteiger partial charge in [-0.25, -0.2) is 4.39 Å². The van der Waals surface area contributed by atoms with E-state index in [1.807, 2.05) is 6.07 Å². The molecule has 0 aliphatic heterocycles. The first kappa shape index (κ1) is 16.9. The van der Waals surface area contributed by atoms with E-state index in [0.717, 1.165) is 10.9 Å². The molecule has 2 aromatic heterocycles. The molecule has 0 bridgehead atoms. The zero-order valence-corrected chi connectivity index (χ0v) is 14.9. The van der Waals surface area contributed by atoms with Gasteiger partial charge in [0.2, 0.25) is 5.75 Å². The first-order chi connectivity index (χ1) is 13.0. The molecule has 0 fully saturated rings. The van der Waals surface area contributed by atoms with Crippen molar-refractivity contribution in [3.63, 3.8) is 0 Å². The fourth-order valence-electron chi connectivity index (χ4n) is 3.04. The molecule has 138 valence electrons. The maximum Gasteiger partial charge on any atom is 0.200 e. The maximum atomic E-state index is 13.8. The van der Waals surface area contributed by atoms with E-state index < -0.39 is 0 Å². The van der Waals surface area contributed by atoms with Crippen molar-refractivity contribution >= 4 is 10.9 Å². The van der Waals surface area contributed by atoms with Crippen molar-refractivity contribution in [3.8, 4) is 39.9 Å². The van der Waals surface area contributed by atoms with Gasteiger partial charge in [-0.05, 0) is 42.8 Å². The fourth-order valence-corrected chi connectivity index (χ4v) is 3.04. The second-order valence-electron chi connectivity index (χ2n) is 6.12. The molecular weight excluding hydrogens is 351 g/mol. The highest BCUT2D eigenvalue weighted by Crippen LogP contribution is 2.41. The Morgan fingerprint density at radius 3 is 2.30 bits per heavy atom. The summed E-state index contributed by atoms with van der Waals surface area (Å²) in [6.45, 7) is 1.71. The summed E-state index contributed by atoms with van der Waals surface area (Å²) in [5.74, 6) is 0.159. The van der Waals surface area contributed by atoms with Gasteiger partial charge in [-0.3, -0.25) is 0 Å². The number of aromatic hydroxyl groups is 1. The monoisotopic (exact) mass is 368 g/mol. The van der Waals surface area contributed by atoms with Crippen LogP contribution < -0.4 is 9.47 Å². The van der Waals surface area contributed by atoms with Crippen molar-refractivity contribution in [2.24, 2.45) is 0 Å². The number of hydrogen-bond donors (Lipinski definition) is 3. The summed E-state index contributed by atoms with van der Waals surface area (Å²) in [7, 11) is 2.91. The predicted octanol–water partition coefficient (Wildman–Crippen LogP) is 3.79. The quantitative estimate of drug-likeness (QED) is 0.509. The number of hydrogen-bond acceptors (Lipinski definition) is 5. The molecule has 27 heavy (non-hydrogen) atoms. The Bertz CT molecular complexity index is 1090. The van der Waals surface area contributed by atoms with Gasteiger partial charge in [-0.15, -0.1) is 0 Å². The van der Waals surface area contributed by atoms with Gasteiger partial charge in [0.1, 0.15) is 17.2 Å². The van der Waals surface area contributed by atoms with Gasteiger partial charge < -0.3 is 19.6 Å². The number of aryl methyl sites for hydroxylation is 1. The zero-order valence-electron chi connectivity index (χ0n) is 14.9. The van der Waals surface area contributed by atoms with E-state index in [1.54, 1.807) is 25.1 Å². The van der Waals surface area contributed by atoms with Crippen LogP contribution in [-0.2, 0) is 0 Å². The van der Waals surface area contributed by atoms with Crippen LogP contribution in [0.3, 0.4) is 0 Å². The number of H-pyrrole nitrogens is 2.